The van der Waals surface area contributed by atoms with Crippen molar-refractivity contribution in [2.45, 2.75) is 6.92 Å². The molecule has 9 heteroatoms. The number of carbonyl (C=O) groups excluding carboxylic acids is 1. The maximum absolute atomic E-state index is 11.9. The van der Waals surface area contributed by atoms with Crippen LogP contribution >= 0.6 is 15.9 Å². The van der Waals surface area contributed by atoms with Gasteiger partial charge in [-0.25, -0.2) is 10.4 Å². The monoisotopic (exact) mass is 433 g/mol. The Morgan fingerprint density at radius 3 is 2.81 bits per heavy atom. The minimum atomic E-state index is -0.368. The Hall–Kier alpha value is -2.52. The molecular formula is C18H20BrN5O3. The van der Waals surface area contributed by atoms with Gasteiger partial charge in [-0.05, 0) is 24.6 Å². The van der Waals surface area contributed by atoms with E-state index in [9.17, 15) is 4.79 Å². The van der Waals surface area contributed by atoms with Crippen LogP contribution in [0.3, 0.4) is 0 Å². The third-order valence-electron chi connectivity index (χ3n) is 3.74. The van der Waals surface area contributed by atoms with E-state index in [1.807, 2.05) is 36.1 Å². The number of nitrogens with one attached hydrogen (secondary N) is 1. The first-order valence-corrected chi connectivity index (χ1v) is 9.28. The Kier molecular flexibility index (Phi) is 6.72. The molecule has 0 unspecified atom stereocenters. The van der Waals surface area contributed by atoms with E-state index in [0.29, 0.717) is 25.0 Å². The first-order valence-electron chi connectivity index (χ1n) is 8.49. The van der Waals surface area contributed by atoms with Crippen LogP contribution in [0.25, 0.3) is 0 Å². The van der Waals surface area contributed by atoms with Crippen LogP contribution in [0.15, 0.2) is 39.9 Å². The van der Waals surface area contributed by atoms with E-state index >= 15 is 0 Å². The summed E-state index contributed by atoms with van der Waals surface area (Å²) in [5, 5.41) is 3.92. The van der Waals surface area contributed by atoms with Crippen molar-refractivity contribution in [3.8, 4) is 5.88 Å². The molecule has 8 nitrogen and oxygen atoms in total. The molecule has 1 aromatic carbocycles. The number of halogens is 1. The lowest BCUT2D eigenvalue weighted by Crippen LogP contribution is -2.37. The van der Waals surface area contributed by atoms with Crippen molar-refractivity contribution in [3.63, 3.8) is 0 Å². The highest BCUT2D eigenvalue weighted by Crippen LogP contribution is 2.16. The Balaban J connectivity index is 1.52. The third-order valence-corrected chi connectivity index (χ3v) is 4.27. The van der Waals surface area contributed by atoms with Crippen molar-refractivity contribution in [1.29, 1.82) is 0 Å². The summed E-state index contributed by atoms with van der Waals surface area (Å²) in [5.41, 5.74) is 4.08. The van der Waals surface area contributed by atoms with E-state index in [4.69, 9.17) is 9.47 Å². The molecule has 2 aromatic rings. The summed E-state index contributed by atoms with van der Waals surface area (Å²) in [6.07, 6.45) is 1.57. The van der Waals surface area contributed by atoms with E-state index < -0.39 is 0 Å². The van der Waals surface area contributed by atoms with E-state index in [2.05, 4.69) is 36.4 Å². The van der Waals surface area contributed by atoms with Gasteiger partial charge in [-0.15, -0.1) is 0 Å². The molecule has 0 spiro atoms. The molecule has 0 saturated carbocycles. The quantitative estimate of drug-likeness (QED) is 0.552. The average Bonchev–Trinajstić information content (AvgIpc) is 2.68. The van der Waals surface area contributed by atoms with Gasteiger partial charge in [0.25, 0.3) is 5.91 Å². The lowest BCUT2D eigenvalue weighted by molar-refractivity contribution is -0.123. The average molecular weight is 434 g/mol. The van der Waals surface area contributed by atoms with Crippen LogP contribution in [0.2, 0.25) is 0 Å². The second-order valence-electron chi connectivity index (χ2n) is 5.88. The first kappa shape index (κ1) is 19.2. The number of rotatable bonds is 6. The van der Waals surface area contributed by atoms with Crippen molar-refractivity contribution in [2.75, 3.05) is 37.8 Å². The molecule has 142 valence electrons. The summed E-state index contributed by atoms with van der Waals surface area (Å²) in [6.45, 7) is 4.43. The van der Waals surface area contributed by atoms with E-state index in [-0.39, 0.29) is 12.5 Å². The highest BCUT2D eigenvalue weighted by atomic mass is 79.9. The minimum Gasteiger partial charge on any atom is -0.467 e. The predicted octanol–water partition coefficient (Wildman–Crippen LogP) is 1.91. The van der Waals surface area contributed by atoms with Gasteiger partial charge in [0, 0.05) is 29.3 Å². The molecule has 1 aromatic heterocycles. The summed E-state index contributed by atoms with van der Waals surface area (Å²) >= 11 is 3.36. The van der Waals surface area contributed by atoms with E-state index in [1.54, 1.807) is 12.3 Å². The Labute approximate surface area is 165 Å². The molecule has 0 aliphatic carbocycles. The summed E-state index contributed by atoms with van der Waals surface area (Å²) in [7, 11) is 0. The molecule has 27 heavy (non-hydrogen) atoms. The smallest absolute Gasteiger partial charge is 0.278 e. The lowest BCUT2D eigenvalue weighted by atomic mass is 10.2. The Morgan fingerprint density at radius 2 is 2.07 bits per heavy atom. The molecule has 1 amide bonds. The number of benzene rings is 1. The summed E-state index contributed by atoms with van der Waals surface area (Å²) in [4.78, 5) is 22.7. The topological polar surface area (TPSA) is 88.9 Å². The van der Waals surface area contributed by atoms with Gasteiger partial charge in [0.05, 0.1) is 19.4 Å². The van der Waals surface area contributed by atoms with Gasteiger partial charge in [-0.1, -0.05) is 28.1 Å². The van der Waals surface area contributed by atoms with Gasteiger partial charge in [-0.3, -0.25) is 4.79 Å². The van der Waals surface area contributed by atoms with Crippen molar-refractivity contribution in [3.05, 3.63) is 46.1 Å². The van der Waals surface area contributed by atoms with Crippen molar-refractivity contribution in [2.24, 2.45) is 5.10 Å². The fourth-order valence-corrected chi connectivity index (χ4v) is 2.67. The predicted molar refractivity (Wildman–Crippen MR) is 105 cm³/mol. The molecule has 1 aliphatic heterocycles. The number of amides is 1. The zero-order valence-corrected chi connectivity index (χ0v) is 16.5. The van der Waals surface area contributed by atoms with Crippen LogP contribution in [0.4, 0.5) is 5.95 Å². The maximum Gasteiger partial charge on any atom is 0.278 e. The molecule has 3 rings (SSSR count). The SMILES string of the molecule is Cc1cc(OCC(=O)NN=Cc2ccc(Br)cc2)nc(N2CCOCC2)n1. The number of anilines is 1. The van der Waals surface area contributed by atoms with Crippen molar-refractivity contribution >= 4 is 34.0 Å². The molecule has 1 aliphatic rings. The van der Waals surface area contributed by atoms with Crippen LogP contribution in [-0.2, 0) is 9.53 Å². The standard InChI is InChI=1S/C18H20BrN5O3/c1-13-10-17(22-18(21-13)24-6-8-26-9-7-24)27-12-16(25)23-20-11-14-2-4-15(19)5-3-14/h2-5,10-11H,6-9,12H2,1H3,(H,23,25). The van der Waals surface area contributed by atoms with Crippen LogP contribution in [0.5, 0.6) is 5.88 Å². The number of hydrogen-bond donors (Lipinski definition) is 1. The number of nitrogens with zero attached hydrogens (tertiary/aromatic N) is 4. The van der Waals surface area contributed by atoms with Gasteiger partial charge >= 0.3 is 0 Å². The second kappa shape index (κ2) is 9.43. The normalized spacial score (nSPS) is 14.4. The molecular weight excluding hydrogens is 414 g/mol. The highest BCUT2D eigenvalue weighted by molar-refractivity contribution is 9.10. The fourth-order valence-electron chi connectivity index (χ4n) is 2.40. The van der Waals surface area contributed by atoms with E-state index in [0.717, 1.165) is 28.8 Å². The zero-order valence-electron chi connectivity index (χ0n) is 14.9. The molecule has 0 atom stereocenters. The number of carbonyl (C=O) groups is 1. The number of ether oxygens (including phenoxy) is 2. The summed E-state index contributed by atoms with van der Waals surface area (Å²) < 4.78 is 11.8. The van der Waals surface area contributed by atoms with Crippen LogP contribution in [-0.4, -0.2) is 55.0 Å². The number of aryl methyl sites for hydroxylation is 1. The Morgan fingerprint density at radius 1 is 1.33 bits per heavy atom. The molecule has 0 bridgehead atoms. The lowest BCUT2D eigenvalue weighted by Gasteiger charge is -2.27. The zero-order chi connectivity index (χ0) is 19.1. The number of aromatic nitrogens is 2. The largest absolute Gasteiger partial charge is 0.467 e. The molecule has 2 heterocycles. The number of morpholine rings is 1. The summed E-state index contributed by atoms with van der Waals surface area (Å²) in [6, 6.07) is 9.26. The maximum atomic E-state index is 11.9. The Bertz CT molecular complexity index is 807. The molecule has 0 radical (unpaired) electrons. The number of hydrazone groups is 1. The van der Waals surface area contributed by atoms with E-state index in [1.165, 1.54) is 0 Å². The van der Waals surface area contributed by atoms with Gasteiger partial charge in [0.2, 0.25) is 11.8 Å². The van der Waals surface area contributed by atoms with Crippen LogP contribution in [0.1, 0.15) is 11.3 Å². The van der Waals surface area contributed by atoms with Crippen LogP contribution in [0, 0.1) is 6.92 Å². The van der Waals surface area contributed by atoms with Gasteiger partial charge in [0.15, 0.2) is 6.61 Å². The first-order chi connectivity index (χ1) is 13.1. The van der Waals surface area contributed by atoms with Crippen LogP contribution < -0.4 is 15.1 Å². The molecule has 1 saturated heterocycles. The van der Waals surface area contributed by atoms with Gasteiger partial charge < -0.3 is 14.4 Å². The number of hydrogen-bond acceptors (Lipinski definition) is 7. The molecule has 1 fully saturated rings. The summed E-state index contributed by atoms with van der Waals surface area (Å²) in [5.74, 6) is 0.575. The minimum absolute atomic E-state index is 0.184. The fraction of sp³-hybridized carbons (Fsp3) is 0.333. The van der Waals surface area contributed by atoms with Gasteiger partial charge in [0.1, 0.15) is 0 Å². The van der Waals surface area contributed by atoms with Crippen molar-refractivity contribution in [1.82, 2.24) is 15.4 Å². The molecule has 1 N–H and O–H groups in total. The highest BCUT2D eigenvalue weighted by Gasteiger charge is 2.15. The van der Waals surface area contributed by atoms with Gasteiger partial charge in [-0.2, -0.15) is 10.1 Å². The second-order valence-corrected chi connectivity index (χ2v) is 6.80. The van der Waals surface area contributed by atoms with Crippen molar-refractivity contribution < 1.29 is 14.3 Å². The third kappa shape index (κ3) is 6.00.